The van der Waals surface area contributed by atoms with Crippen molar-refractivity contribution in [2.24, 2.45) is 0 Å². The summed E-state index contributed by atoms with van der Waals surface area (Å²) in [6, 6.07) is 3.79. The van der Waals surface area contributed by atoms with Crippen molar-refractivity contribution in [3.63, 3.8) is 0 Å². The minimum atomic E-state index is -4.44. The molecule has 0 amide bonds. The number of benzene rings is 1. The molecule has 0 saturated heterocycles. The Kier molecular flexibility index (Phi) is 5.48. The van der Waals surface area contributed by atoms with E-state index in [2.05, 4.69) is 4.98 Å². The van der Waals surface area contributed by atoms with Gasteiger partial charge in [-0.15, -0.1) is 0 Å². The minimum absolute atomic E-state index is 0.0356. The number of alkyl halides is 3. The molecule has 0 fully saturated rings. The number of halogens is 5. The molecule has 1 heterocycles. The summed E-state index contributed by atoms with van der Waals surface area (Å²) in [4.78, 5) is 3.63. The van der Waals surface area contributed by atoms with Gasteiger partial charge in [-0.1, -0.05) is 23.2 Å². The third-order valence-corrected chi connectivity index (χ3v) is 5.28. The van der Waals surface area contributed by atoms with Gasteiger partial charge in [-0.3, -0.25) is 0 Å². The Bertz CT molecular complexity index is 817. The molecule has 0 bridgehead atoms. The van der Waals surface area contributed by atoms with Gasteiger partial charge in [0.2, 0.25) is 10.0 Å². The van der Waals surface area contributed by atoms with Crippen molar-refractivity contribution in [2.45, 2.75) is 24.2 Å². The van der Waals surface area contributed by atoms with Crippen molar-refractivity contribution in [1.29, 1.82) is 0 Å². The molecule has 2 aromatic rings. The normalized spacial score (nSPS) is 12.8. The van der Waals surface area contributed by atoms with E-state index in [1.165, 1.54) is 31.4 Å². The lowest BCUT2D eigenvalue weighted by Crippen LogP contribution is -2.29. The van der Waals surface area contributed by atoms with E-state index < -0.39 is 22.7 Å². The molecule has 0 aliphatic carbocycles. The number of nitrogens with zero attached hydrogens (tertiary/aromatic N) is 3. The molecular weight excluding hydrogens is 390 g/mol. The van der Waals surface area contributed by atoms with Gasteiger partial charge in [0.1, 0.15) is 12.4 Å². The van der Waals surface area contributed by atoms with E-state index in [0.717, 1.165) is 15.1 Å². The Morgan fingerprint density at radius 1 is 1.21 bits per heavy atom. The molecule has 0 atom stereocenters. The van der Waals surface area contributed by atoms with Gasteiger partial charge in [0.25, 0.3) is 0 Å². The first-order valence-corrected chi connectivity index (χ1v) is 8.68. The van der Waals surface area contributed by atoms with Gasteiger partial charge in [-0.25, -0.2) is 13.4 Å². The van der Waals surface area contributed by atoms with E-state index in [-0.39, 0.29) is 27.3 Å². The van der Waals surface area contributed by atoms with Crippen LogP contribution in [-0.2, 0) is 23.1 Å². The molecular formula is C13H12Cl2F3N3O2S. The molecule has 0 spiro atoms. The first kappa shape index (κ1) is 19.0. The van der Waals surface area contributed by atoms with Gasteiger partial charge < -0.3 is 4.57 Å². The monoisotopic (exact) mass is 401 g/mol. The standard InChI is InChI=1S/C13H12Cl2F3N3O2S/c1-20(7-12-19-2-3-21(12)8-13(16,17)18)24(22,23)11-5-9(14)4-10(15)6-11/h2-6H,7-8H2,1H3. The quantitative estimate of drug-likeness (QED) is 0.769. The molecule has 24 heavy (non-hydrogen) atoms. The van der Waals surface area contributed by atoms with E-state index in [1.54, 1.807) is 0 Å². The molecule has 132 valence electrons. The smallest absolute Gasteiger partial charge is 0.325 e. The van der Waals surface area contributed by atoms with E-state index in [1.807, 2.05) is 0 Å². The second kappa shape index (κ2) is 6.91. The zero-order chi connectivity index (χ0) is 18.1. The Balaban J connectivity index is 2.26. The average molecular weight is 402 g/mol. The van der Waals surface area contributed by atoms with Crippen LogP contribution in [0.3, 0.4) is 0 Å². The van der Waals surface area contributed by atoms with Crippen molar-refractivity contribution in [2.75, 3.05) is 7.05 Å². The molecule has 11 heteroatoms. The fourth-order valence-electron chi connectivity index (χ4n) is 1.97. The van der Waals surface area contributed by atoms with Crippen LogP contribution < -0.4 is 0 Å². The van der Waals surface area contributed by atoms with Crippen LogP contribution in [0.15, 0.2) is 35.5 Å². The Labute approximate surface area is 146 Å². The summed E-state index contributed by atoms with van der Waals surface area (Å²) in [7, 11) is -2.76. The van der Waals surface area contributed by atoms with Gasteiger partial charge in [0.05, 0.1) is 11.4 Å². The van der Waals surface area contributed by atoms with Crippen LogP contribution in [0.1, 0.15) is 5.82 Å². The Morgan fingerprint density at radius 3 is 2.33 bits per heavy atom. The fourth-order valence-corrected chi connectivity index (χ4v) is 3.82. The average Bonchev–Trinajstić information content (AvgIpc) is 2.82. The van der Waals surface area contributed by atoms with Gasteiger partial charge in [0.15, 0.2) is 0 Å². The molecule has 0 unspecified atom stereocenters. The minimum Gasteiger partial charge on any atom is -0.325 e. The highest BCUT2D eigenvalue weighted by Crippen LogP contribution is 2.25. The van der Waals surface area contributed by atoms with Crippen molar-refractivity contribution in [3.8, 4) is 0 Å². The third kappa shape index (κ3) is 4.62. The maximum Gasteiger partial charge on any atom is 0.406 e. The summed E-state index contributed by atoms with van der Waals surface area (Å²) < 4.78 is 64.3. The molecule has 0 radical (unpaired) electrons. The van der Waals surface area contributed by atoms with Crippen LogP contribution in [0.4, 0.5) is 13.2 Å². The van der Waals surface area contributed by atoms with E-state index in [4.69, 9.17) is 23.2 Å². The Hall–Kier alpha value is -1.29. The van der Waals surface area contributed by atoms with Gasteiger partial charge in [-0.05, 0) is 18.2 Å². The maximum absolute atomic E-state index is 12.5. The molecule has 5 nitrogen and oxygen atoms in total. The van der Waals surface area contributed by atoms with Crippen molar-refractivity contribution in [1.82, 2.24) is 13.9 Å². The first-order valence-electron chi connectivity index (χ1n) is 6.48. The highest BCUT2D eigenvalue weighted by molar-refractivity contribution is 7.89. The van der Waals surface area contributed by atoms with Gasteiger partial charge >= 0.3 is 6.18 Å². The molecule has 1 aromatic carbocycles. The van der Waals surface area contributed by atoms with E-state index >= 15 is 0 Å². The summed E-state index contributed by atoms with van der Waals surface area (Å²) in [5, 5.41) is 0.265. The number of imidazole rings is 1. The maximum atomic E-state index is 12.5. The lowest BCUT2D eigenvalue weighted by atomic mass is 10.4. The highest BCUT2D eigenvalue weighted by atomic mass is 35.5. The Morgan fingerprint density at radius 2 is 1.79 bits per heavy atom. The number of hydrogen-bond donors (Lipinski definition) is 0. The molecule has 2 rings (SSSR count). The number of sulfonamides is 1. The third-order valence-electron chi connectivity index (χ3n) is 3.06. The van der Waals surface area contributed by atoms with Gasteiger partial charge in [-0.2, -0.15) is 17.5 Å². The van der Waals surface area contributed by atoms with Crippen LogP contribution >= 0.6 is 23.2 Å². The number of rotatable bonds is 5. The second-order valence-corrected chi connectivity index (χ2v) is 7.87. The zero-order valence-corrected chi connectivity index (χ0v) is 14.6. The lowest BCUT2D eigenvalue weighted by molar-refractivity contribution is -0.141. The van der Waals surface area contributed by atoms with Crippen molar-refractivity contribution < 1.29 is 21.6 Å². The van der Waals surface area contributed by atoms with Crippen LogP contribution in [0, 0.1) is 0 Å². The second-order valence-electron chi connectivity index (χ2n) is 4.95. The van der Waals surface area contributed by atoms with Crippen LogP contribution in [-0.4, -0.2) is 35.5 Å². The van der Waals surface area contributed by atoms with Crippen LogP contribution in [0.2, 0.25) is 10.0 Å². The number of hydrogen-bond acceptors (Lipinski definition) is 3. The predicted molar refractivity (Wildman–Crippen MR) is 83.4 cm³/mol. The molecule has 1 aromatic heterocycles. The molecule has 0 aliphatic heterocycles. The summed E-state index contributed by atoms with van der Waals surface area (Å²) in [6.45, 7) is -1.59. The molecule has 0 saturated carbocycles. The summed E-state index contributed by atoms with van der Waals surface area (Å²) >= 11 is 11.6. The summed E-state index contributed by atoms with van der Waals surface area (Å²) in [5.74, 6) is -0.0356. The fraction of sp³-hybridized carbons (Fsp3) is 0.308. The van der Waals surface area contributed by atoms with Crippen LogP contribution in [0.25, 0.3) is 0 Å². The zero-order valence-electron chi connectivity index (χ0n) is 12.3. The largest absolute Gasteiger partial charge is 0.406 e. The summed E-state index contributed by atoms with van der Waals surface area (Å²) in [6.07, 6.45) is -2.12. The summed E-state index contributed by atoms with van der Waals surface area (Å²) in [5.41, 5.74) is 0. The van der Waals surface area contributed by atoms with E-state index in [0.29, 0.717) is 0 Å². The lowest BCUT2D eigenvalue weighted by Gasteiger charge is -2.18. The predicted octanol–water partition coefficient (Wildman–Crippen LogP) is 3.57. The first-order chi connectivity index (χ1) is 11.0. The SMILES string of the molecule is CN(Cc1nccn1CC(F)(F)F)S(=O)(=O)c1cc(Cl)cc(Cl)c1. The van der Waals surface area contributed by atoms with Gasteiger partial charge in [0, 0.05) is 29.5 Å². The van der Waals surface area contributed by atoms with Crippen molar-refractivity contribution in [3.05, 3.63) is 46.5 Å². The molecule has 0 N–H and O–H groups in total. The van der Waals surface area contributed by atoms with Crippen LogP contribution in [0.5, 0.6) is 0 Å². The number of aromatic nitrogens is 2. The molecule has 0 aliphatic rings. The highest BCUT2D eigenvalue weighted by Gasteiger charge is 2.30. The van der Waals surface area contributed by atoms with Crippen molar-refractivity contribution >= 4 is 33.2 Å². The van der Waals surface area contributed by atoms with E-state index in [9.17, 15) is 21.6 Å². The topological polar surface area (TPSA) is 55.2 Å².